The summed E-state index contributed by atoms with van der Waals surface area (Å²) < 4.78 is 42.7. The van der Waals surface area contributed by atoms with Crippen molar-refractivity contribution in [3.8, 4) is 11.3 Å². The Labute approximate surface area is 167 Å². The fourth-order valence-electron chi connectivity index (χ4n) is 3.29. The van der Waals surface area contributed by atoms with Crippen molar-refractivity contribution in [2.45, 2.75) is 17.5 Å². The van der Waals surface area contributed by atoms with Crippen LogP contribution in [0.3, 0.4) is 0 Å². The van der Waals surface area contributed by atoms with Gasteiger partial charge < -0.3 is 10.3 Å². The summed E-state index contributed by atoms with van der Waals surface area (Å²) in [6.45, 7) is 0. The first kappa shape index (κ1) is 19.2. The van der Waals surface area contributed by atoms with Gasteiger partial charge in [0.2, 0.25) is 0 Å². The monoisotopic (exact) mass is 411 g/mol. The van der Waals surface area contributed by atoms with Gasteiger partial charge in [0.05, 0.1) is 0 Å². The molecule has 0 amide bonds. The first-order valence-electron chi connectivity index (χ1n) is 8.89. The summed E-state index contributed by atoms with van der Waals surface area (Å²) >= 11 is 0. The molecule has 8 heteroatoms. The third kappa shape index (κ3) is 3.76. The van der Waals surface area contributed by atoms with E-state index < -0.39 is 26.7 Å². The maximum atomic E-state index is 13.8. The van der Waals surface area contributed by atoms with Crippen LogP contribution in [0.4, 0.5) is 4.39 Å². The maximum Gasteiger partial charge on any atom is 0.195 e. The van der Waals surface area contributed by atoms with Crippen LogP contribution in [0.1, 0.15) is 17.3 Å². The van der Waals surface area contributed by atoms with E-state index >= 15 is 0 Å². The highest BCUT2D eigenvalue weighted by Gasteiger charge is 2.20. The molecule has 1 atom stereocenters. The van der Waals surface area contributed by atoms with Crippen LogP contribution in [0.25, 0.3) is 22.2 Å². The fraction of sp³-hybridized carbons (Fsp3) is 0.143. The summed E-state index contributed by atoms with van der Waals surface area (Å²) in [5.41, 5.74) is 9.79. The number of fused-ring (bicyclic) bond motifs is 1. The second kappa shape index (κ2) is 7.38. The smallest absolute Gasteiger partial charge is 0.195 e. The number of nitrogens with two attached hydrogens (primary N) is 1. The molecule has 4 rings (SSSR count). The van der Waals surface area contributed by atoms with Crippen LogP contribution in [0.2, 0.25) is 0 Å². The number of nitrogens with zero attached hydrogens (tertiary/aromatic N) is 2. The molecule has 2 heterocycles. The van der Waals surface area contributed by atoms with Crippen molar-refractivity contribution in [3.05, 3.63) is 77.7 Å². The molecule has 6 nitrogen and oxygen atoms in total. The zero-order chi connectivity index (χ0) is 20.6. The molecule has 4 aromatic rings. The number of sulfone groups is 1. The molecule has 0 saturated heterocycles. The largest absolute Gasteiger partial charge is 0.356 e. The molecule has 2 aromatic heterocycles. The number of rotatable bonds is 5. The molecule has 0 fully saturated rings. The van der Waals surface area contributed by atoms with Crippen LogP contribution in [0, 0.1) is 5.82 Å². The molecule has 0 aliphatic heterocycles. The van der Waals surface area contributed by atoms with Gasteiger partial charge in [-0.15, -0.1) is 0 Å². The van der Waals surface area contributed by atoms with Crippen LogP contribution in [-0.2, 0) is 16.3 Å². The Kier molecular flexibility index (Phi) is 4.89. The summed E-state index contributed by atoms with van der Waals surface area (Å²) in [6, 6.07) is 17.1. The molecule has 0 bridgehead atoms. The number of benzene rings is 2. The van der Waals surface area contributed by atoms with E-state index in [2.05, 4.69) is 10.1 Å². The average molecular weight is 411 g/mol. The molecule has 2 N–H and O–H groups in total. The lowest BCUT2D eigenvalue weighted by molar-refractivity contribution is 0.459. The zero-order valence-electron chi connectivity index (χ0n) is 15.5. The van der Waals surface area contributed by atoms with Crippen molar-refractivity contribution in [1.82, 2.24) is 10.1 Å². The highest BCUT2D eigenvalue weighted by atomic mass is 32.2. The predicted molar refractivity (Wildman–Crippen MR) is 107 cm³/mol. The first-order chi connectivity index (χ1) is 13.8. The Morgan fingerprint density at radius 1 is 1.07 bits per heavy atom. The molecule has 0 spiro atoms. The second-order valence-electron chi connectivity index (χ2n) is 6.79. The number of aromatic nitrogens is 2. The molecule has 2 aromatic carbocycles. The summed E-state index contributed by atoms with van der Waals surface area (Å²) in [6.07, 6.45) is 1.16. The Morgan fingerprint density at radius 2 is 1.79 bits per heavy atom. The molecule has 0 aliphatic carbocycles. The minimum Gasteiger partial charge on any atom is -0.356 e. The van der Waals surface area contributed by atoms with Gasteiger partial charge in [0.25, 0.3) is 0 Å². The van der Waals surface area contributed by atoms with Crippen molar-refractivity contribution in [2.75, 3.05) is 6.26 Å². The minimum atomic E-state index is -3.77. The normalized spacial score (nSPS) is 12.9. The van der Waals surface area contributed by atoms with E-state index in [0.717, 1.165) is 28.8 Å². The Morgan fingerprint density at radius 3 is 2.59 bits per heavy atom. The number of para-hydroxylation sites is 1. The van der Waals surface area contributed by atoms with Gasteiger partial charge in [-0.05, 0) is 29.8 Å². The van der Waals surface area contributed by atoms with Crippen molar-refractivity contribution in [2.24, 2.45) is 5.73 Å². The van der Waals surface area contributed by atoms with Crippen LogP contribution in [0.5, 0.6) is 0 Å². The van der Waals surface area contributed by atoms with E-state index in [-0.39, 0.29) is 6.42 Å². The van der Waals surface area contributed by atoms with Gasteiger partial charge in [0.15, 0.2) is 26.3 Å². The van der Waals surface area contributed by atoms with Crippen LogP contribution in [-0.4, -0.2) is 24.8 Å². The summed E-state index contributed by atoms with van der Waals surface area (Å²) in [5.74, 6) is -0.876. The van der Waals surface area contributed by atoms with Crippen molar-refractivity contribution >= 4 is 20.8 Å². The van der Waals surface area contributed by atoms with Gasteiger partial charge in [-0.2, -0.15) is 0 Å². The number of pyridine rings is 1. The molecule has 0 saturated carbocycles. The van der Waals surface area contributed by atoms with Crippen molar-refractivity contribution in [3.63, 3.8) is 0 Å². The zero-order valence-corrected chi connectivity index (χ0v) is 16.4. The topological polar surface area (TPSA) is 99.1 Å². The van der Waals surface area contributed by atoms with E-state index in [0.29, 0.717) is 17.0 Å². The van der Waals surface area contributed by atoms with Gasteiger partial charge in [-0.3, -0.25) is 0 Å². The molecule has 29 heavy (non-hydrogen) atoms. The first-order valence-corrected chi connectivity index (χ1v) is 10.8. The number of hydrogen-bond donors (Lipinski definition) is 1. The van der Waals surface area contributed by atoms with Crippen LogP contribution >= 0.6 is 0 Å². The summed E-state index contributed by atoms with van der Waals surface area (Å²) in [4.78, 5) is 3.97. The van der Waals surface area contributed by atoms with Gasteiger partial charge in [0, 0.05) is 35.4 Å². The molecular weight excluding hydrogens is 393 g/mol. The predicted octanol–water partition coefficient (Wildman–Crippen LogP) is 3.67. The minimum absolute atomic E-state index is 0.232. The maximum absolute atomic E-state index is 13.8. The van der Waals surface area contributed by atoms with E-state index in [9.17, 15) is 12.8 Å². The van der Waals surface area contributed by atoms with E-state index in [1.165, 1.54) is 6.07 Å². The van der Waals surface area contributed by atoms with Crippen LogP contribution < -0.4 is 5.73 Å². The van der Waals surface area contributed by atoms with Crippen molar-refractivity contribution in [1.29, 1.82) is 0 Å². The second-order valence-corrected chi connectivity index (χ2v) is 8.72. The SMILES string of the molecule is CS(=O)(=O)c1nc(CC(N)c2ccccc2-c2noc3ccccc23)ccc1F. The van der Waals surface area contributed by atoms with Gasteiger partial charge in [-0.25, -0.2) is 17.8 Å². The fourth-order valence-corrected chi connectivity index (χ4v) is 3.99. The van der Waals surface area contributed by atoms with E-state index in [1.807, 2.05) is 48.5 Å². The number of halogens is 1. The molecule has 0 aliphatic rings. The lowest BCUT2D eigenvalue weighted by atomic mass is 9.94. The standard InChI is InChI=1S/C21H18FN3O3S/c1-29(26,27)21-17(22)11-10-13(24-21)12-18(23)14-6-2-3-7-15(14)20-16-8-4-5-9-19(16)28-25-20/h2-11,18H,12,23H2,1H3. The highest BCUT2D eigenvalue weighted by Crippen LogP contribution is 2.33. The lowest BCUT2D eigenvalue weighted by Gasteiger charge is -2.16. The van der Waals surface area contributed by atoms with Crippen LogP contribution in [0.15, 0.2) is 70.2 Å². The Bertz CT molecular complexity index is 1300. The Balaban J connectivity index is 1.72. The lowest BCUT2D eigenvalue weighted by Crippen LogP contribution is -2.16. The third-order valence-electron chi connectivity index (χ3n) is 4.64. The molecule has 1 unspecified atom stereocenters. The third-order valence-corrected chi connectivity index (χ3v) is 5.63. The average Bonchev–Trinajstić information content (AvgIpc) is 3.12. The van der Waals surface area contributed by atoms with E-state index in [1.54, 1.807) is 0 Å². The van der Waals surface area contributed by atoms with Gasteiger partial charge in [0.1, 0.15) is 5.69 Å². The highest BCUT2D eigenvalue weighted by molar-refractivity contribution is 7.90. The van der Waals surface area contributed by atoms with E-state index in [4.69, 9.17) is 10.3 Å². The molecule has 148 valence electrons. The van der Waals surface area contributed by atoms with Gasteiger partial charge >= 0.3 is 0 Å². The molecule has 0 radical (unpaired) electrons. The van der Waals surface area contributed by atoms with Gasteiger partial charge in [-0.1, -0.05) is 41.6 Å². The number of hydrogen-bond acceptors (Lipinski definition) is 6. The quantitative estimate of drug-likeness (QED) is 0.538. The molecular formula is C21H18FN3O3S. The van der Waals surface area contributed by atoms with Crippen molar-refractivity contribution < 1.29 is 17.3 Å². The summed E-state index contributed by atoms with van der Waals surface area (Å²) in [7, 11) is -3.77. The Hall–Kier alpha value is -3.10. The summed E-state index contributed by atoms with van der Waals surface area (Å²) in [5, 5.41) is 4.49.